The van der Waals surface area contributed by atoms with E-state index < -0.39 is 15.6 Å². The summed E-state index contributed by atoms with van der Waals surface area (Å²) in [4.78, 5) is 31.0. The fourth-order valence-corrected chi connectivity index (χ4v) is 3.03. The standard InChI is InChI=1S/C14H14O2.H4O7P2/c1-9-4-3-5-12(10(9)2)13-8-11(15)6-7-14(13)16;1-8(2,3)7-9(4,5)6/h3-8,15-16H,1-2H3;(H2,1,2,3)(H2,4,5,6). The van der Waals surface area contributed by atoms with E-state index in [0.717, 1.165) is 11.1 Å². The van der Waals surface area contributed by atoms with E-state index in [-0.39, 0.29) is 11.5 Å². The Kier molecular flexibility index (Phi) is 6.93. The summed E-state index contributed by atoms with van der Waals surface area (Å²) >= 11 is 0. The van der Waals surface area contributed by atoms with Crippen molar-refractivity contribution in [2.45, 2.75) is 13.8 Å². The maximum absolute atomic E-state index is 9.79. The summed E-state index contributed by atoms with van der Waals surface area (Å²) in [7, 11) is -10.1. The van der Waals surface area contributed by atoms with Crippen molar-refractivity contribution in [2.75, 3.05) is 0 Å². The monoisotopic (exact) mass is 392 g/mol. The van der Waals surface area contributed by atoms with Crippen LogP contribution >= 0.6 is 15.6 Å². The number of phenols is 2. The quantitative estimate of drug-likeness (QED) is 0.340. The van der Waals surface area contributed by atoms with Crippen molar-refractivity contribution >= 4 is 15.6 Å². The molecule has 0 spiro atoms. The predicted molar refractivity (Wildman–Crippen MR) is 89.9 cm³/mol. The maximum atomic E-state index is 9.79. The number of phosphoric acid groups is 2. The molecule has 0 aliphatic heterocycles. The zero-order valence-corrected chi connectivity index (χ0v) is 15.1. The third kappa shape index (κ3) is 7.37. The van der Waals surface area contributed by atoms with Gasteiger partial charge in [-0.3, -0.25) is 0 Å². The van der Waals surface area contributed by atoms with Crippen molar-refractivity contribution in [2.24, 2.45) is 0 Å². The number of benzene rings is 2. The van der Waals surface area contributed by atoms with E-state index in [1.165, 1.54) is 17.7 Å². The summed E-state index contributed by atoms with van der Waals surface area (Å²) in [5.41, 5.74) is 3.90. The number of aryl methyl sites for hydroxylation is 1. The van der Waals surface area contributed by atoms with Crippen LogP contribution in [0.15, 0.2) is 36.4 Å². The number of aromatic hydroxyl groups is 2. The molecule has 0 saturated heterocycles. The Morgan fingerprint density at radius 3 is 1.88 bits per heavy atom. The molecule has 0 radical (unpaired) electrons. The largest absolute Gasteiger partial charge is 0.508 e. The van der Waals surface area contributed by atoms with Gasteiger partial charge in [-0.25, -0.2) is 9.13 Å². The molecule has 0 bridgehead atoms. The molecule has 2 aromatic rings. The Labute approximate surface area is 143 Å². The Morgan fingerprint density at radius 1 is 0.840 bits per heavy atom. The molecule has 0 aromatic heterocycles. The van der Waals surface area contributed by atoms with Crippen molar-refractivity contribution in [3.63, 3.8) is 0 Å². The molecular formula is C14H18O9P2. The van der Waals surface area contributed by atoms with Crippen LogP contribution in [0.25, 0.3) is 11.1 Å². The zero-order valence-electron chi connectivity index (χ0n) is 13.3. The minimum absolute atomic E-state index is 0.161. The minimum atomic E-state index is -5.05. The van der Waals surface area contributed by atoms with Crippen LogP contribution < -0.4 is 0 Å². The van der Waals surface area contributed by atoms with Gasteiger partial charge in [-0.1, -0.05) is 18.2 Å². The molecule has 2 aromatic carbocycles. The Morgan fingerprint density at radius 2 is 1.40 bits per heavy atom. The highest BCUT2D eigenvalue weighted by Gasteiger charge is 2.27. The van der Waals surface area contributed by atoms with E-state index in [9.17, 15) is 19.3 Å². The number of phenolic OH excluding ortho intramolecular Hbond substituents is 2. The highest BCUT2D eigenvalue weighted by atomic mass is 31.3. The molecule has 25 heavy (non-hydrogen) atoms. The van der Waals surface area contributed by atoms with Gasteiger partial charge in [0.05, 0.1) is 0 Å². The van der Waals surface area contributed by atoms with Crippen molar-refractivity contribution in [1.82, 2.24) is 0 Å². The molecule has 0 atom stereocenters. The molecule has 0 aliphatic carbocycles. The average molecular weight is 392 g/mol. The van der Waals surface area contributed by atoms with E-state index in [1.54, 1.807) is 6.07 Å². The van der Waals surface area contributed by atoms with Gasteiger partial charge < -0.3 is 29.8 Å². The van der Waals surface area contributed by atoms with Gasteiger partial charge in [0.1, 0.15) is 11.5 Å². The van der Waals surface area contributed by atoms with E-state index in [2.05, 4.69) is 4.31 Å². The molecule has 2 rings (SSSR count). The highest BCUT2D eigenvalue weighted by Crippen LogP contribution is 2.53. The summed E-state index contributed by atoms with van der Waals surface area (Å²) in [5.74, 6) is 0.347. The number of hydrogen-bond acceptors (Lipinski definition) is 5. The first kappa shape index (κ1) is 21.3. The molecule has 0 saturated carbocycles. The lowest BCUT2D eigenvalue weighted by Gasteiger charge is -2.10. The maximum Gasteiger partial charge on any atom is 0.478 e. The van der Waals surface area contributed by atoms with Gasteiger partial charge in [-0.15, -0.1) is 0 Å². The molecule has 138 valence electrons. The van der Waals surface area contributed by atoms with Crippen LogP contribution in [0.2, 0.25) is 0 Å². The molecule has 0 aliphatic rings. The highest BCUT2D eigenvalue weighted by molar-refractivity contribution is 7.60. The second-order valence-electron chi connectivity index (χ2n) is 5.01. The normalized spacial score (nSPS) is 11.6. The minimum Gasteiger partial charge on any atom is -0.508 e. The van der Waals surface area contributed by atoms with Gasteiger partial charge in [0.25, 0.3) is 0 Å². The van der Waals surface area contributed by atoms with Crippen LogP contribution in [0.5, 0.6) is 11.5 Å². The lowest BCUT2D eigenvalue weighted by atomic mass is 9.96. The molecule has 9 nitrogen and oxygen atoms in total. The van der Waals surface area contributed by atoms with Gasteiger partial charge in [0.15, 0.2) is 0 Å². The van der Waals surface area contributed by atoms with Crippen LogP contribution in [0.3, 0.4) is 0 Å². The molecular weight excluding hydrogens is 374 g/mol. The summed E-state index contributed by atoms with van der Waals surface area (Å²) < 4.78 is 22.2. The van der Waals surface area contributed by atoms with Gasteiger partial charge in [-0.2, -0.15) is 4.31 Å². The van der Waals surface area contributed by atoms with Gasteiger partial charge in [-0.05, 0) is 48.7 Å². The van der Waals surface area contributed by atoms with E-state index in [1.807, 2.05) is 32.0 Å². The van der Waals surface area contributed by atoms with E-state index >= 15 is 0 Å². The predicted octanol–water partition coefficient (Wildman–Crippen LogP) is 2.57. The van der Waals surface area contributed by atoms with Crippen molar-refractivity contribution in [1.29, 1.82) is 0 Å². The number of hydrogen-bond donors (Lipinski definition) is 6. The molecule has 6 N–H and O–H groups in total. The first-order chi connectivity index (χ1) is 11.3. The lowest BCUT2D eigenvalue weighted by Crippen LogP contribution is -1.87. The van der Waals surface area contributed by atoms with Crippen LogP contribution in [-0.4, -0.2) is 29.8 Å². The third-order valence-corrected chi connectivity index (χ3v) is 4.79. The zero-order chi connectivity index (χ0) is 19.4. The van der Waals surface area contributed by atoms with Crippen LogP contribution in [-0.2, 0) is 13.4 Å². The summed E-state index contributed by atoms with van der Waals surface area (Å²) in [6.07, 6.45) is 0. The fraction of sp³-hybridized carbons (Fsp3) is 0.143. The first-order valence-corrected chi connectivity index (χ1v) is 9.77. The van der Waals surface area contributed by atoms with Crippen molar-refractivity contribution < 1.29 is 43.2 Å². The first-order valence-electron chi connectivity index (χ1n) is 6.71. The molecule has 0 heterocycles. The van der Waals surface area contributed by atoms with Crippen LogP contribution in [0, 0.1) is 13.8 Å². The molecule has 0 unspecified atom stereocenters. The Balaban J connectivity index is 0.000000299. The smallest absolute Gasteiger partial charge is 0.478 e. The third-order valence-electron chi connectivity index (χ3n) is 3.09. The topological polar surface area (TPSA) is 165 Å². The lowest BCUT2D eigenvalue weighted by molar-refractivity contribution is 0.225. The summed E-state index contributed by atoms with van der Waals surface area (Å²) in [5, 5.41) is 19.2. The fourth-order valence-electron chi connectivity index (χ4n) is 1.92. The van der Waals surface area contributed by atoms with Gasteiger partial charge in [0, 0.05) is 5.56 Å². The second kappa shape index (κ2) is 8.12. The Hall–Kier alpha value is -1.70. The van der Waals surface area contributed by atoms with E-state index in [4.69, 9.17) is 19.6 Å². The number of rotatable bonds is 3. The molecule has 0 amide bonds. The SMILES string of the molecule is Cc1cccc(-c2cc(O)ccc2O)c1C.O=P(O)(O)OP(=O)(O)O. The molecule has 0 fully saturated rings. The second-order valence-corrected chi connectivity index (χ2v) is 7.63. The summed E-state index contributed by atoms with van der Waals surface area (Å²) in [6.45, 7) is 4.03. The van der Waals surface area contributed by atoms with E-state index in [0.29, 0.717) is 5.56 Å². The van der Waals surface area contributed by atoms with Gasteiger partial charge in [0.2, 0.25) is 0 Å². The van der Waals surface area contributed by atoms with Crippen molar-refractivity contribution in [3.05, 3.63) is 47.5 Å². The average Bonchev–Trinajstić information content (AvgIpc) is 2.41. The Bertz CT molecular complexity index is 818. The summed E-state index contributed by atoms with van der Waals surface area (Å²) in [6, 6.07) is 10.5. The van der Waals surface area contributed by atoms with Gasteiger partial charge >= 0.3 is 15.6 Å². The van der Waals surface area contributed by atoms with Crippen LogP contribution in [0.4, 0.5) is 0 Å². The molecule has 11 heteroatoms. The van der Waals surface area contributed by atoms with Crippen molar-refractivity contribution in [3.8, 4) is 22.6 Å². The van der Waals surface area contributed by atoms with Crippen LogP contribution in [0.1, 0.15) is 11.1 Å².